The summed E-state index contributed by atoms with van der Waals surface area (Å²) in [5.41, 5.74) is 2.02. The van der Waals surface area contributed by atoms with Crippen molar-refractivity contribution in [3.63, 3.8) is 0 Å². The zero-order chi connectivity index (χ0) is 16.1. The molecule has 0 aromatic rings. The maximum Gasteiger partial charge on any atom is 0.176 e. The van der Waals surface area contributed by atoms with E-state index in [1.165, 1.54) is 50.5 Å². The molecule has 2 saturated heterocycles. The highest BCUT2D eigenvalue weighted by molar-refractivity contribution is 5.57. The van der Waals surface area contributed by atoms with Gasteiger partial charge in [-0.15, -0.1) is 0 Å². The van der Waals surface area contributed by atoms with E-state index in [1.54, 1.807) is 0 Å². The summed E-state index contributed by atoms with van der Waals surface area (Å²) < 4.78 is 6.14. The van der Waals surface area contributed by atoms with Crippen LogP contribution in [0.2, 0.25) is 0 Å². The maximum absolute atomic E-state index is 10.2. The second-order valence-electron chi connectivity index (χ2n) is 8.24. The fraction of sp³-hybridized carbons (Fsp3) is 0.714. The van der Waals surface area contributed by atoms with Crippen molar-refractivity contribution in [2.45, 2.75) is 81.8 Å². The van der Waals surface area contributed by atoms with Crippen molar-refractivity contribution in [2.24, 2.45) is 5.92 Å². The van der Waals surface area contributed by atoms with E-state index in [0.29, 0.717) is 12.1 Å². The Balaban J connectivity index is 1.45. The number of rotatable bonds is 1. The molecule has 2 bridgehead atoms. The van der Waals surface area contributed by atoms with E-state index in [0.717, 1.165) is 30.9 Å². The molecule has 128 valence electrons. The molecule has 0 amide bonds. The summed E-state index contributed by atoms with van der Waals surface area (Å²) in [6, 6.07) is 0.860. The normalized spacial score (nSPS) is 41.3. The van der Waals surface area contributed by atoms with Gasteiger partial charge in [0.05, 0.1) is 0 Å². The average Bonchev–Trinajstić information content (AvgIpc) is 3.27. The molecule has 3 aliphatic heterocycles. The molecule has 3 heteroatoms. The molecule has 3 nitrogen and oxygen atoms in total. The number of aliphatic hydroxyl groups excluding tert-OH is 1. The van der Waals surface area contributed by atoms with Crippen LogP contribution in [0.25, 0.3) is 0 Å². The molecule has 1 N–H and O–H groups in total. The van der Waals surface area contributed by atoms with Gasteiger partial charge in [-0.2, -0.15) is 0 Å². The lowest BCUT2D eigenvalue weighted by Crippen LogP contribution is -2.48. The predicted octanol–water partition coefficient (Wildman–Crippen LogP) is 3.15. The summed E-state index contributed by atoms with van der Waals surface area (Å²) in [4.78, 5) is 2.61. The van der Waals surface area contributed by atoms with E-state index in [9.17, 15) is 5.11 Å². The minimum atomic E-state index is -0.763. The first-order valence-corrected chi connectivity index (χ1v) is 9.81. The second kappa shape index (κ2) is 5.73. The minimum Gasteiger partial charge on any atom is -0.365 e. The van der Waals surface area contributed by atoms with Gasteiger partial charge in [0.15, 0.2) is 6.29 Å². The van der Waals surface area contributed by atoms with Crippen molar-refractivity contribution in [1.82, 2.24) is 4.90 Å². The van der Waals surface area contributed by atoms with Crippen LogP contribution in [0.15, 0.2) is 23.3 Å². The molecule has 24 heavy (non-hydrogen) atoms. The molecule has 4 atom stereocenters. The Bertz CT molecular complexity index is 648. The van der Waals surface area contributed by atoms with E-state index in [4.69, 9.17) is 4.74 Å². The van der Waals surface area contributed by atoms with Gasteiger partial charge < -0.3 is 9.84 Å². The highest BCUT2D eigenvalue weighted by Gasteiger charge is 2.60. The quantitative estimate of drug-likeness (QED) is 0.752. The van der Waals surface area contributed by atoms with Gasteiger partial charge in [-0.1, -0.05) is 37.2 Å². The van der Waals surface area contributed by atoms with Gasteiger partial charge in [0, 0.05) is 36.1 Å². The van der Waals surface area contributed by atoms with Crippen molar-refractivity contribution in [3.05, 3.63) is 23.3 Å². The molecule has 1 unspecified atom stereocenters. The van der Waals surface area contributed by atoms with Gasteiger partial charge in [-0.3, -0.25) is 4.90 Å². The van der Waals surface area contributed by atoms with Gasteiger partial charge in [0.2, 0.25) is 0 Å². The van der Waals surface area contributed by atoms with Crippen molar-refractivity contribution >= 4 is 0 Å². The van der Waals surface area contributed by atoms with E-state index in [1.807, 2.05) is 6.08 Å². The second-order valence-corrected chi connectivity index (χ2v) is 8.24. The first kappa shape index (κ1) is 15.2. The highest BCUT2D eigenvalue weighted by Crippen LogP contribution is 2.54. The molecule has 5 rings (SSSR count). The number of aliphatic hydroxyl groups is 1. The van der Waals surface area contributed by atoms with Crippen molar-refractivity contribution in [1.29, 1.82) is 0 Å². The number of piperidine rings is 1. The number of nitrogens with zero attached hydrogens (tertiary/aromatic N) is 1. The third-order valence-corrected chi connectivity index (χ3v) is 6.85. The van der Waals surface area contributed by atoms with E-state index < -0.39 is 6.29 Å². The van der Waals surface area contributed by atoms with E-state index in [-0.39, 0.29) is 5.60 Å². The zero-order valence-electron chi connectivity index (χ0n) is 14.3. The number of hydrogen-bond donors (Lipinski definition) is 1. The predicted molar refractivity (Wildman–Crippen MR) is 93.1 cm³/mol. The number of hydrogen-bond acceptors (Lipinski definition) is 3. The maximum atomic E-state index is 10.2. The summed E-state index contributed by atoms with van der Waals surface area (Å²) in [5, 5.41) is 10.2. The molecule has 1 saturated carbocycles. The van der Waals surface area contributed by atoms with Crippen LogP contribution in [0.3, 0.4) is 0 Å². The fourth-order valence-electron chi connectivity index (χ4n) is 5.80. The lowest BCUT2D eigenvalue weighted by molar-refractivity contribution is -0.138. The van der Waals surface area contributed by atoms with Crippen LogP contribution in [0.5, 0.6) is 0 Å². The zero-order valence-corrected chi connectivity index (χ0v) is 14.3. The fourth-order valence-corrected chi connectivity index (χ4v) is 5.80. The van der Waals surface area contributed by atoms with Crippen LogP contribution in [-0.2, 0) is 4.74 Å². The summed E-state index contributed by atoms with van der Waals surface area (Å²) >= 11 is 0. The largest absolute Gasteiger partial charge is 0.365 e. The molecule has 3 heterocycles. The molecular weight excluding hydrogens is 298 g/mol. The van der Waals surface area contributed by atoms with Crippen molar-refractivity contribution in [2.75, 3.05) is 6.54 Å². The molecule has 3 fully saturated rings. The average molecular weight is 325 g/mol. The summed E-state index contributed by atoms with van der Waals surface area (Å²) in [6.45, 7) is 1.16. The van der Waals surface area contributed by atoms with Crippen LogP contribution in [0.4, 0.5) is 0 Å². The summed E-state index contributed by atoms with van der Waals surface area (Å²) in [7, 11) is 0. The first-order valence-electron chi connectivity index (χ1n) is 9.81. The van der Waals surface area contributed by atoms with Crippen molar-refractivity contribution in [3.8, 4) is 11.8 Å². The topological polar surface area (TPSA) is 32.7 Å². The van der Waals surface area contributed by atoms with Crippen LogP contribution in [0.1, 0.15) is 57.8 Å². The Hall–Kier alpha value is -1.08. The van der Waals surface area contributed by atoms with Gasteiger partial charge in [-0.25, -0.2) is 0 Å². The van der Waals surface area contributed by atoms with Gasteiger partial charge >= 0.3 is 0 Å². The molecule has 1 spiro atoms. The monoisotopic (exact) mass is 325 g/mol. The van der Waals surface area contributed by atoms with E-state index in [2.05, 4.69) is 22.8 Å². The molecule has 0 aromatic heterocycles. The molecule has 0 aromatic carbocycles. The van der Waals surface area contributed by atoms with Gasteiger partial charge in [-0.05, 0) is 44.2 Å². The Morgan fingerprint density at radius 2 is 2.00 bits per heavy atom. The van der Waals surface area contributed by atoms with Gasteiger partial charge in [0.25, 0.3) is 0 Å². The van der Waals surface area contributed by atoms with Crippen LogP contribution in [-0.4, -0.2) is 40.5 Å². The highest BCUT2D eigenvalue weighted by atomic mass is 16.6. The van der Waals surface area contributed by atoms with Crippen LogP contribution in [0, 0.1) is 17.8 Å². The summed E-state index contributed by atoms with van der Waals surface area (Å²) in [6.07, 6.45) is 14.7. The summed E-state index contributed by atoms with van der Waals surface area (Å²) in [5.74, 6) is 7.73. The molecule has 5 aliphatic rings. The standard InChI is InChI=1S/C21H27NO2/c23-20-13-18-16(9-5-8-15-6-1-2-7-15)12-17-14-21(18,24-20)19-10-3-4-11-22(17)19/h12-13,15,17,19-20,23H,1-4,6-8,10-11,14H2/t17-,19-,20?,21+/m1/s1. The minimum absolute atomic E-state index is 0.295. The smallest absolute Gasteiger partial charge is 0.176 e. The Morgan fingerprint density at radius 1 is 1.17 bits per heavy atom. The molecule has 0 radical (unpaired) electrons. The third-order valence-electron chi connectivity index (χ3n) is 6.85. The first-order chi connectivity index (χ1) is 11.8. The van der Waals surface area contributed by atoms with Crippen molar-refractivity contribution < 1.29 is 9.84 Å². The van der Waals surface area contributed by atoms with Crippen LogP contribution >= 0.6 is 0 Å². The number of ether oxygens (including phenoxy) is 1. The van der Waals surface area contributed by atoms with E-state index >= 15 is 0 Å². The molecular formula is C21H27NO2. The molecule has 2 aliphatic carbocycles. The Kier molecular flexibility index (Phi) is 3.63. The Labute approximate surface area is 144 Å². The third kappa shape index (κ3) is 2.24. The van der Waals surface area contributed by atoms with Crippen LogP contribution < -0.4 is 0 Å². The number of fused-ring (bicyclic) bond motifs is 3. The lowest BCUT2D eigenvalue weighted by atomic mass is 9.77. The lowest BCUT2D eigenvalue weighted by Gasteiger charge is -2.39. The SMILES string of the molecule is OC1C=C2C(C#CCC3CCCC3)=C[C@@H]3C[C@@]2(O1)[C@H]1CCCCN31. The van der Waals surface area contributed by atoms with Gasteiger partial charge in [0.1, 0.15) is 5.60 Å². The Morgan fingerprint density at radius 3 is 2.88 bits per heavy atom.